The van der Waals surface area contributed by atoms with E-state index in [9.17, 15) is 14.4 Å². The van der Waals surface area contributed by atoms with E-state index in [1.807, 2.05) is 30.3 Å². The minimum atomic E-state index is -0.236. The number of piperazine rings is 1. The van der Waals surface area contributed by atoms with Gasteiger partial charge in [0.05, 0.1) is 0 Å². The maximum absolute atomic E-state index is 12.7. The Bertz CT molecular complexity index is 861. The Hall–Kier alpha value is -3.22. The maximum Gasteiger partial charge on any atom is 0.272 e. The molecule has 7 heteroatoms. The lowest BCUT2D eigenvalue weighted by atomic mass is 10.2. The molecule has 0 aliphatic carbocycles. The van der Waals surface area contributed by atoms with Crippen LogP contribution in [0.4, 0.5) is 0 Å². The van der Waals surface area contributed by atoms with Crippen molar-refractivity contribution in [2.75, 3.05) is 33.2 Å². The normalized spacial score (nSPS) is 13.9. The van der Waals surface area contributed by atoms with Gasteiger partial charge in [0.2, 0.25) is 5.91 Å². The van der Waals surface area contributed by atoms with Gasteiger partial charge < -0.3 is 14.7 Å². The number of carbonyl (C=O) groups is 3. The molecule has 1 aliphatic rings. The van der Waals surface area contributed by atoms with E-state index in [0.29, 0.717) is 32.7 Å². The standard InChI is InChI=1S/C21H24N4O3/c1-16(26)24-11-13-25(14-12-24)21(28)19-10-6-9-18(22-19)20(27)23(2)15-17-7-4-3-5-8-17/h3-10H,11-15H2,1-2H3. The van der Waals surface area contributed by atoms with Gasteiger partial charge >= 0.3 is 0 Å². The number of nitrogens with zero attached hydrogens (tertiary/aromatic N) is 4. The molecule has 1 aromatic heterocycles. The van der Waals surface area contributed by atoms with Crippen LogP contribution < -0.4 is 0 Å². The third-order valence-electron chi connectivity index (χ3n) is 4.81. The molecule has 0 bridgehead atoms. The molecule has 2 aromatic rings. The maximum atomic E-state index is 12.7. The molecule has 0 saturated carbocycles. The molecule has 1 fully saturated rings. The van der Waals surface area contributed by atoms with E-state index >= 15 is 0 Å². The van der Waals surface area contributed by atoms with E-state index in [-0.39, 0.29) is 29.1 Å². The first-order valence-electron chi connectivity index (χ1n) is 9.27. The SMILES string of the molecule is CC(=O)N1CCN(C(=O)c2cccc(C(=O)N(C)Cc3ccccc3)n2)CC1. The van der Waals surface area contributed by atoms with Gasteiger partial charge in [-0.05, 0) is 17.7 Å². The van der Waals surface area contributed by atoms with Crippen molar-refractivity contribution in [2.45, 2.75) is 13.5 Å². The van der Waals surface area contributed by atoms with Crippen LogP contribution in [0, 0.1) is 0 Å². The number of carbonyl (C=O) groups excluding carboxylic acids is 3. The van der Waals surface area contributed by atoms with Crippen molar-refractivity contribution < 1.29 is 14.4 Å². The van der Waals surface area contributed by atoms with E-state index in [0.717, 1.165) is 5.56 Å². The molecule has 0 radical (unpaired) electrons. The lowest BCUT2D eigenvalue weighted by molar-refractivity contribution is -0.130. The second-order valence-electron chi connectivity index (χ2n) is 6.85. The first-order valence-corrected chi connectivity index (χ1v) is 9.27. The van der Waals surface area contributed by atoms with Crippen LogP contribution in [0.5, 0.6) is 0 Å². The Morgan fingerprint density at radius 2 is 1.50 bits per heavy atom. The smallest absolute Gasteiger partial charge is 0.272 e. The van der Waals surface area contributed by atoms with Gasteiger partial charge in [0.1, 0.15) is 11.4 Å². The van der Waals surface area contributed by atoms with Gasteiger partial charge in [-0.3, -0.25) is 14.4 Å². The van der Waals surface area contributed by atoms with Crippen molar-refractivity contribution in [3.05, 3.63) is 65.5 Å². The van der Waals surface area contributed by atoms with Gasteiger partial charge in [0, 0.05) is 46.7 Å². The first-order chi connectivity index (χ1) is 13.5. The van der Waals surface area contributed by atoms with Crippen LogP contribution in [0.25, 0.3) is 0 Å². The summed E-state index contributed by atoms with van der Waals surface area (Å²) in [5, 5.41) is 0. The van der Waals surface area contributed by atoms with Gasteiger partial charge in [-0.15, -0.1) is 0 Å². The Kier molecular flexibility index (Phi) is 6.03. The molecule has 7 nitrogen and oxygen atoms in total. The van der Waals surface area contributed by atoms with E-state index in [4.69, 9.17) is 0 Å². The van der Waals surface area contributed by atoms with Crippen molar-refractivity contribution in [2.24, 2.45) is 0 Å². The van der Waals surface area contributed by atoms with Gasteiger partial charge in [0.25, 0.3) is 11.8 Å². The molecule has 1 saturated heterocycles. The molecular weight excluding hydrogens is 356 g/mol. The van der Waals surface area contributed by atoms with Crippen molar-refractivity contribution in [3.8, 4) is 0 Å². The summed E-state index contributed by atoms with van der Waals surface area (Å²) in [6.45, 7) is 3.95. The largest absolute Gasteiger partial charge is 0.339 e. The van der Waals surface area contributed by atoms with E-state index in [1.165, 1.54) is 6.92 Å². The third kappa shape index (κ3) is 4.54. The molecule has 28 heavy (non-hydrogen) atoms. The van der Waals surface area contributed by atoms with Gasteiger partial charge in [-0.25, -0.2) is 4.98 Å². The third-order valence-corrected chi connectivity index (χ3v) is 4.81. The Morgan fingerprint density at radius 1 is 0.893 bits per heavy atom. The molecule has 0 spiro atoms. The van der Waals surface area contributed by atoms with E-state index < -0.39 is 0 Å². The predicted octanol–water partition coefficient (Wildman–Crippen LogP) is 1.66. The van der Waals surface area contributed by atoms with E-state index in [2.05, 4.69) is 4.98 Å². The average Bonchev–Trinajstić information content (AvgIpc) is 2.73. The fraction of sp³-hybridized carbons (Fsp3) is 0.333. The Morgan fingerprint density at radius 3 is 2.14 bits per heavy atom. The lowest BCUT2D eigenvalue weighted by Gasteiger charge is -2.34. The number of amides is 3. The van der Waals surface area contributed by atoms with Crippen molar-refractivity contribution in [3.63, 3.8) is 0 Å². The molecule has 0 atom stereocenters. The van der Waals surface area contributed by atoms with E-state index in [1.54, 1.807) is 39.9 Å². The molecule has 1 aromatic carbocycles. The summed E-state index contributed by atoms with van der Waals surface area (Å²) < 4.78 is 0. The number of rotatable bonds is 4. The highest BCUT2D eigenvalue weighted by molar-refractivity contribution is 5.96. The molecule has 146 valence electrons. The summed E-state index contributed by atoms with van der Waals surface area (Å²) in [7, 11) is 1.71. The monoisotopic (exact) mass is 380 g/mol. The molecular formula is C21H24N4O3. The fourth-order valence-electron chi connectivity index (χ4n) is 3.18. The zero-order valence-electron chi connectivity index (χ0n) is 16.2. The summed E-state index contributed by atoms with van der Waals surface area (Å²) >= 11 is 0. The highest BCUT2D eigenvalue weighted by Gasteiger charge is 2.25. The zero-order valence-corrected chi connectivity index (χ0v) is 16.2. The molecule has 0 unspecified atom stereocenters. The van der Waals surface area contributed by atoms with Crippen LogP contribution in [0.2, 0.25) is 0 Å². The number of hydrogen-bond donors (Lipinski definition) is 0. The predicted molar refractivity (Wildman–Crippen MR) is 105 cm³/mol. The van der Waals surface area contributed by atoms with Crippen LogP contribution in [0.1, 0.15) is 33.5 Å². The van der Waals surface area contributed by atoms with Crippen LogP contribution in [-0.4, -0.2) is 70.6 Å². The van der Waals surface area contributed by atoms with Crippen LogP contribution in [0.3, 0.4) is 0 Å². The second-order valence-corrected chi connectivity index (χ2v) is 6.85. The first kappa shape index (κ1) is 19.5. The van der Waals surface area contributed by atoms with Crippen molar-refractivity contribution in [1.29, 1.82) is 0 Å². The summed E-state index contributed by atoms with van der Waals surface area (Å²) in [6, 6.07) is 14.6. The van der Waals surface area contributed by atoms with Crippen LogP contribution in [-0.2, 0) is 11.3 Å². The quantitative estimate of drug-likeness (QED) is 0.809. The molecule has 1 aliphatic heterocycles. The van der Waals surface area contributed by atoms with Crippen LogP contribution in [0.15, 0.2) is 48.5 Å². The molecule has 3 rings (SSSR count). The Balaban J connectivity index is 1.67. The Labute approximate surface area is 164 Å². The van der Waals surface area contributed by atoms with Gasteiger partial charge in [-0.1, -0.05) is 36.4 Å². The zero-order chi connectivity index (χ0) is 20.1. The van der Waals surface area contributed by atoms with Crippen LogP contribution >= 0.6 is 0 Å². The molecule has 2 heterocycles. The highest BCUT2D eigenvalue weighted by Crippen LogP contribution is 2.11. The van der Waals surface area contributed by atoms with Crippen molar-refractivity contribution in [1.82, 2.24) is 19.7 Å². The summed E-state index contributed by atoms with van der Waals surface area (Å²) in [6.07, 6.45) is 0. The second kappa shape index (κ2) is 8.65. The minimum absolute atomic E-state index is 0.0132. The van der Waals surface area contributed by atoms with Crippen molar-refractivity contribution >= 4 is 17.7 Å². The van der Waals surface area contributed by atoms with Gasteiger partial charge in [0.15, 0.2) is 0 Å². The fourth-order valence-corrected chi connectivity index (χ4v) is 3.18. The molecule has 3 amide bonds. The number of aromatic nitrogens is 1. The summed E-state index contributed by atoms with van der Waals surface area (Å²) in [5.41, 5.74) is 1.51. The summed E-state index contributed by atoms with van der Waals surface area (Å²) in [4.78, 5) is 46.2. The number of hydrogen-bond acceptors (Lipinski definition) is 4. The van der Waals surface area contributed by atoms with Gasteiger partial charge in [-0.2, -0.15) is 0 Å². The molecule has 0 N–H and O–H groups in total. The summed E-state index contributed by atoms with van der Waals surface area (Å²) in [5.74, 6) is -0.442. The minimum Gasteiger partial charge on any atom is -0.339 e. The highest BCUT2D eigenvalue weighted by atomic mass is 16.2. The lowest BCUT2D eigenvalue weighted by Crippen LogP contribution is -2.50. The number of pyridine rings is 1. The number of benzene rings is 1. The topological polar surface area (TPSA) is 73.8 Å². The average molecular weight is 380 g/mol.